The number of fused-ring (bicyclic) bond motifs is 1. The first kappa shape index (κ1) is 14.4. The van der Waals surface area contributed by atoms with Gasteiger partial charge in [-0.3, -0.25) is 0 Å². The first-order valence-corrected chi connectivity index (χ1v) is 7.25. The molecule has 0 amide bonds. The third-order valence-corrected chi connectivity index (χ3v) is 3.31. The Labute approximate surface area is 129 Å². The van der Waals surface area contributed by atoms with Crippen molar-refractivity contribution in [3.63, 3.8) is 0 Å². The third-order valence-electron chi connectivity index (χ3n) is 3.31. The van der Waals surface area contributed by atoms with Crippen LogP contribution in [0.2, 0.25) is 0 Å². The second kappa shape index (κ2) is 6.49. The van der Waals surface area contributed by atoms with E-state index in [9.17, 15) is 0 Å². The van der Waals surface area contributed by atoms with Gasteiger partial charge in [0.2, 0.25) is 0 Å². The fourth-order valence-corrected chi connectivity index (χ4v) is 2.27. The Kier molecular flexibility index (Phi) is 4.25. The number of pyridine rings is 1. The normalized spacial score (nSPS) is 10.8. The molecule has 2 N–H and O–H groups in total. The van der Waals surface area contributed by atoms with Gasteiger partial charge in [-0.2, -0.15) is 0 Å². The molecule has 0 atom stereocenters. The lowest BCUT2D eigenvalue weighted by molar-refractivity contribution is 0.218. The van der Waals surface area contributed by atoms with Crippen molar-refractivity contribution in [2.45, 2.75) is 13.5 Å². The van der Waals surface area contributed by atoms with Crippen molar-refractivity contribution in [1.82, 2.24) is 9.38 Å². The van der Waals surface area contributed by atoms with E-state index in [1.165, 1.54) is 5.56 Å². The maximum atomic E-state index is 5.78. The lowest BCUT2D eigenvalue weighted by Gasteiger charge is -2.09. The molecule has 0 fully saturated rings. The molecule has 0 saturated carbocycles. The van der Waals surface area contributed by atoms with Crippen molar-refractivity contribution in [3.8, 4) is 11.5 Å². The van der Waals surface area contributed by atoms with E-state index in [4.69, 9.17) is 15.2 Å². The van der Waals surface area contributed by atoms with Gasteiger partial charge in [-0.1, -0.05) is 12.1 Å². The molecule has 0 unspecified atom stereocenters. The Bertz CT molecular complexity index is 767. The van der Waals surface area contributed by atoms with Crippen LogP contribution in [0.3, 0.4) is 0 Å². The number of nitrogens with zero attached hydrogens (tertiary/aromatic N) is 2. The highest BCUT2D eigenvalue weighted by molar-refractivity contribution is 5.54. The summed E-state index contributed by atoms with van der Waals surface area (Å²) in [6.07, 6.45) is 3.84. The van der Waals surface area contributed by atoms with Crippen molar-refractivity contribution >= 4 is 5.65 Å². The molecule has 0 aliphatic heterocycles. The van der Waals surface area contributed by atoms with Gasteiger partial charge in [0.15, 0.2) is 11.4 Å². The molecule has 0 aliphatic rings. The maximum Gasteiger partial charge on any atom is 0.179 e. The zero-order valence-corrected chi connectivity index (χ0v) is 12.5. The molecule has 2 heterocycles. The van der Waals surface area contributed by atoms with Crippen LogP contribution in [-0.2, 0) is 6.54 Å². The van der Waals surface area contributed by atoms with Crippen molar-refractivity contribution in [2.24, 2.45) is 5.73 Å². The summed E-state index contributed by atoms with van der Waals surface area (Å²) in [6, 6.07) is 11.8. The summed E-state index contributed by atoms with van der Waals surface area (Å²) in [6.45, 7) is 3.39. The van der Waals surface area contributed by atoms with E-state index in [-0.39, 0.29) is 0 Å². The molecule has 114 valence electrons. The molecule has 2 aromatic heterocycles. The molecule has 0 spiro atoms. The fourth-order valence-electron chi connectivity index (χ4n) is 2.27. The summed E-state index contributed by atoms with van der Waals surface area (Å²) in [7, 11) is 0. The molecule has 0 bridgehead atoms. The smallest absolute Gasteiger partial charge is 0.179 e. The van der Waals surface area contributed by atoms with Crippen LogP contribution in [0, 0.1) is 6.92 Å². The first-order valence-electron chi connectivity index (χ1n) is 7.25. The fraction of sp³-hybridized carbons (Fsp3) is 0.235. The third kappa shape index (κ3) is 3.20. The van der Waals surface area contributed by atoms with Crippen molar-refractivity contribution in [2.75, 3.05) is 13.2 Å². The Morgan fingerprint density at radius 2 is 2.00 bits per heavy atom. The lowest BCUT2D eigenvalue weighted by Crippen LogP contribution is -2.09. The number of nitrogens with two attached hydrogens (primary N) is 1. The highest BCUT2D eigenvalue weighted by atomic mass is 16.5. The minimum atomic E-state index is 0.414. The Hall–Kier alpha value is -2.53. The molecule has 0 aliphatic carbocycles. The molecule has 22 heavy (non-hydrogen) atoms. The molecular formula is C17H19N3O2. The number of aromatic nitrogens is 2. The second-order valence-electron chi connectivity index (χ2n) is 5.05. The predicted molar refractivity (Wildman–Crippen MR) is 85.3 cm³/mol. The van der Waals surface area contributed by atoms with Gasteiger partial charge in [-0.25, -0.2) is 4.98 Å². The topological polar surface area (TPSA) is 61.8 Å². The summed E-state index contributed by atoms with van der Waals surface area (Å²) < 4.78 is 13.4. The summed E-state index contributed by atoms with van der Waals surface area (Å²) >= 11 is 0. The quantitative estimate of drug-likeness (QED) is 0.710. The predicted octanol–water partition coefficient (Wildman–Crippen LogP) is 2.56. The van der Waals surface area contributed by atoms with E-state index >= 15 is 0 Å². The summed E-state index contributed by atoms with van der Waals surface area (Å²) in [5.41, 5.74) is 8.42. The minimum absolute atomic E-state index is 0.414. The number of aryl methyl sites for hydroxylation is 1. The van der Waals surface area contributed by atoms with Gasteiger partial charge in [0.05, 0.1) is 5.69 Å². The summed E-state index contributed by atoms with van der Waals surface area (Å²) in [4.78, 5) is 4.45. The van der Waals surface area contributed by atoms with E-state index in [0.29, 0.717) is 19.8 Å². The molecule has 5 nitrogen and oxygen atoms in total. The van der Waals surface area contributed by atoms with Gasteiger partial charge < -0.3 is 19.6 Å². The van der Waals surface area contributed by atoms with Crippen molar-refractivity contribution in [1.29, 1.82) is 0 Å². The van der Waals surface area contributed by atoms with Crippen molar-refractivity contribution < 1.29 is 9.47 Å². The molecular weight excluding hydrogens is 278 g/mol. The van der Waals surface area contributed by atoms with Crippen LogP contribution in [0.4, 0.5) is 0 Å². The van der Waals surface area contributed by atoms with Crippen LogP contribution in [-0.4, -0.2) is 22.6 Å². The minimum Gasteiger partial charge on any atom is -0.490 e. The zero-order valence-electron chi connectivity index (χ0n) is 12.5. The molecule has 3 aromatic rings. The van der Waals surface area contributed by atoms with Crippen LogP contribution in [0.25, 0.3) is 5.65 Å². The average molecular weight is 297 g/mol. The largest absolute Gasteiger partial charge is 0.490 e. The summed E-state index contributed by atoms with van der Waals surface area (Å²) in [5.74, 6) is 1.59. The van der Waals surface area contributed by atoms with E-state index in [0.717, 1.165) is 22.8 Å². The second-order valence-corrected chi connectivity index (χ2v) is 5.05. The maximum absolute atomic E-state index is 5.78. The molecule has 1 aromatic carbocycles. The number of rotatable bonds is 6. The van der Waals surface area contributed by atoms with Gasteiger partial charge in [-0.05, 0) is 36.8 Å². The molecule has 5 heteroatoms. The Morgan fingerprint density at radius 1 is 1.14 bits per heavy atom. The van der Waals surface area contributed by atoms with E-state index in [2.05, 4.69) is 4.98 Å². The van der Waals surface area contributed by atoms with Crippen LogP contribution < -0.4 is 15.2 Å². The van der Waals surface area contributed by atoms with E-state index in [1.807, 2.05) is 60.1 Å². The van der Waals surface area contributed by atoms with Gasteiger partial charge in [-0.15, -0.1) is 0 Å². The van der Waals surface area contributed by atoms with Crippen LogP contribution in [0.5, 0.6) is 11.5 Å². The van der Waals surface area contributed by atoms with Gasteiger partial charge in [0.1, 0.15) is 19.0 Å². The van der Waals surface area contributed by atoms with Gasteiger partial charge >= 0.3 is 0 Å². The zero-order chi connectivity index (χ0) is 15.4. The Morgan fingerprint density at radius 3 is 2.82 bits per heavy atom. The highest BCUT2D eigenvalue weighted by Crippen LogP contribution is 2.19. The number of hydrogen-bond acceptors (Lipinski definition) is 4. The number of imidazole rings is 1. The monoisotopic (exact) mass is 297 g/mol. The average Bonchev–Trinajstić information content (AvgIpc) is 2.95. The van der Waals surface area contributed by atoms with Crippen LogP contribution >= 0.6 is 0 Å². The highest BCUT2D eigenvalue weighted by Gasteiger charge is 2.06. The number of benzene rings is 1. The Balaban J connectivity index is 1.61. The summed E-state index contributed by atoms with van der Waals surface area (Å²) in [5, 5.41) is 0. The van der Waals surface area contributed by atoms with Crippen LogP contribution in [0.15, 0.2) is 48.8 Å². The molecule has 0 radical (unpaired) electrons. The first-order chi connectivity index (χ1) is 10.8. The molecule has 0 saturated heterocycles. The van der Waals surface area contributed by atoms with E-state index < -0.39 is 0 Å². The standard InChI is InChI=1S/C17H19N3O2/c1-13-4-2-5-15(10-13)21-8-9-22-16-6-3-7-20-12-14(11-18)19-17(16)20/h2-7,10,12H,8-9,11,18H2,1H3. The SMILES string of the molecule is Cc1cccc(OCCOc2cccn3cc(CN)nc23)c1. The van der Waals surface area contributed by atoms with Gasteiger partial charge in [0, 0.05) is 18.9 Å². The lowest BCUT2D eigenvalue weighted by atomic mass is 10.2. The number of hydrogen-bond donors (Lipinski definition) is 1. The van der Waals surface area contributed by atoms with Crippen LogP contribution in [0.1, 0.15) is 11.3 Å². The molecule has 3 rings (SSSR count). The van der Waals surface area contributed by atoms with Crippen molar-refractivity contribution in [3.05, 3.63) is 60.0 Å². The van der Waals surface area contributed by atoms with Gasteiger partial charge in [0.25, 0.3) is 0 Å². The number of ether oxygens (including phenoxy) is 2. The van der Waals surface area contributed by atoms with E-state index in [1.54, 1.807) is 0 Å².